The SMILES string of the molecule is CCCCCCCCCCCCCCCC[C@H](O)C(=O)NCCNC(=O)[C@@H](O)CCCCCCCCCCCCCCCC. The van der Waals surface area contributed by atoms with Crippen molar-refractivity contribution in [1.29, 1.82) is 0 Å². The highest BCUT2D eigenvalue weighted by molar-refractivity contribution is 5.81. The molecule has 0 fully saturated rings. The second kappa shape index (κ2) is 34.7. The molecule has 6 heteroatoms. The smallest absolute Gasteiger partial charge is 0.248 e. The fourth-order valence-corrected chi connectivity index (χ4v) is 5.93. The summed E-state index contributed by atoms with van der Waals surface area (Å²) in [6.07, 6.45) is 34.8. The molecule has 0 aromatic rings. The lowest BCUT2D eigenvalue weighted by molar-refractivity contribution is -0.131. The number of hydrogen-bond donors (Lipinski definition) is 4. The van der Waals surface area contributed by atoms with E-state index in [0.29, 0.717) is 12.8 Å². The molecule has 0 rings (SSSR count). The molecular weight excluding hydrogens is 548 g/mol. The Kier molecular flexibility index (Phi) is 33.8. The standard InChI is InChI=1S/C38H76N2O4/c1-3-5-7-9-11-13-15-17-19-21-23-25-27-29-31-35(41)37(43)39-33-34-40-38(44)36(42)32-30-28-26-24-22-20-18-16-14-12-10-8-6-4-2/h35-36,41-42H,3-34H2,1-2H3,(H,39,43)(H,40,44)/t35-,36-/m0/s1. The third-order valence-corrected chi connectivity index (χ3v) is 8.99. The maximum Gasteiger partial charge on any atom is 0.248 e. The first-order chi connectivity index (χ1) is 21.5. The first kappa shape index (κ1) is 42.9. The molecule has 6 nitrogen and oxygen atoms in total. The average Bonchev–Trinajstić information content (AvgIpc) is 3.02. The molecule has 0 aromatic carbocycles. The Balaban J connectivity index is 3.49. The van der Waals surface area contributed by atoms with Gasteiger partial charge in [-0.2, -0.15) is 0 Å². The van der Waals surface area contributed by atoms with Crippen molar-refractivity contribution >= 4 is 11.8 Å². The highest BCUT2D eigenvalue weighted by Gasteiger charge is 2.16. The number of rotatable bonds is 35. The van der Waals surface area contributed by atoms with Crippen molar-refractivity contribution in [2.45, 2.75) is 219 Å². The minimum atomic E-state index is -0.992. The molecule has 0 unspecified atom stereocenters. The Bertz CT molecular complexity index is 564. The highest BCUT2D eigenvalue weighted by Crippen LogP contribution is 2.15. The number of unbranched alkanes of at least 4 members (excludes halogenated alkanes) is 26. The van der Waals surface area contributed by atoms with E-state index in [-0.39, 0.29) is 24.9 Å². The Morgan fingerprint density at radius 1 is 0.386 bits per heavy atom. The van der Waals surface area contributed by atoms with E-state index in [1.54, 1.807) is 0 Å². The maximum atomic E-state index is 12.1. The summed E-state index contributed by atoms with van der Waals surface area (Å²) in [7, 11) is 0. The molecule has 0 aliphatic heterocycles. The molecule has 0 saturated carbocycles. The van der Waals surface area contributed by atoms with Crippen LogP contribution in [0.2, 0.25) is 0 Å². The predicted octanol–water partition coefficient (Wildman–Crippen LogP) is 9.68. The normalized spacial score (nSPS) is 12.7. The number of amides is 2. The number of aliphatic hydroxyl groups excluding tert-OH is 2. The zero-order chi connectivity index (χ0) is 32.4. The molecule has 2 atom stereocenters. The van der Waals surface area contributed by atoms with Crippen LogP contribution in [0.3, 0.4) is 0 Å². The van der Waals surface area contributed by atoms with E-state index in [1.165, 1.54) is 154 Å². The van der Waals surface area contributed by atoms with Crippen LogP contribution in [0.15, 0.2) is 0 Å². The van der Waals surface area contributed by atoms with Gasteiger partial charge in [0.1, 0.15) is 12.2 Å². The van der Waals surface area contributed by atoms with Crippen LogP contribution in [0.1, 0.15) is 206 Å². The minimum absolute atomic E-state index is 0.256. The van der Waals surface area contributed by atoms with Crippen molar-refractivity contribution in [3.8, 4) is 0 Å². The lowest BCUT2D eigenvalue weighted by Gasteiger charge is -2.13. The lowest BCUT2D eigenvalue weighted by atomic mass is 10.0. The fraction of sp³-hybridized carbons (Fsp3) is 0.947. The zero-order valence-corrected chi connectivity index (χ0v) is 29.5. The monoisotopic (exact) mass is 625 g/mol. The van der Waals surface area contributed by atoms with E-state index in [0.717, 1.165) is 25.7 Å². The van der Waals surface area contributed by atoms with Crippen molar-refractivity contribution in [3.05, 3.63) is 0 Å². The summed E-state index contributed by atoms with van der Waals surface area (Å²) in [6.45, 7) is 5.04. The zero-order valence-electron chi connectivity index (χ0n) is 29.5. The summed E-state index contributed by atoms with van der Waals surface area (Å²) >= 11 is 0. The molecular formula is C38H76N2O4. The first-order valence-corrected chi connectivity index (χ1v) is 19.4. The van der Waals surface area contributed by atoms with E-state index < -0.39 is 12.2 Å². The Hall–Kier alpha value is -1.14. The van der Waals surface area contributed by atoms with Crippen LogP contribution < -0.4 is 10.6 Å². The van der Waals surface area contributed by atoms with E-state index in [9.17, 15) is 19.8 Å². The van der Waals surface area contributed by atoms with Crippen molar-refractivity contribution in [3.63, 3.8) is 0 Å². The van der Waals surface area contributed by atoms with Crippen LogP contribution in [-0.4, -0.2) is 47.3 Å². The van der Waals surface area contributed by atoms with Gasteiger partial charge in [0.2, 0.25) is 11.8 Å². The summed E-state index contributed by atoms with van der Waals surface area (Å²) < 4.78 is 0. The molecule has 0 aliphatic carbocycles. The number of carbonyl (C=O) groups excluding carboxylic acids is 2. The largest absolute Gasteiger partial charge is 0.383 e. The number of carbonyl (C=O) groups is 2. The quantitative estimate of drug-likeness (QED) is 0.0528. The van der Waals surface area contributed by atoms with Gasteiger partial charge in [0.05, 0.1) is 0 Å². The summed E-state index contributed by atoms with van der Waals surface area (Å²) in [5.74, 6) is -0.756. The molecule has 0 aliphatic rings. The molecule has 0 radical (unpaired) electrons. The maximum absolute atomic E-state index is 12.1. The topological polar surface area (TPSA) is 98.7 Å². The molecule has 0 bridgehead atoms. The van der Waals surface area contributed by atoms with Gasteiger partial charge in [-0.15, -0.1) is 0 Å². The fourth-order valence-electron chi connectivity index (χ4n) is 5.93. The van der Waals surface area contributed by atoms with Crippen LogP contribution in [-0.2, 0) is 9.59 Å². The highest BCUT2D eigenvalue weighted by atomic mass is 16.3. The summed E-state index contributed by atoms with van der Waals surface area (Å²) in [4.78, 5) is 24.2. The third kappa shape index (κ3) is 30.9. The molecule has 0 aromatic heterocycles. The van der Waals surface area contributed by atoms with Gasteiger partial charge in [-0.25, -0.2) is 0 Å². The lowest BCUT2D eigenvalue weighted by Crippen LogP contribution is -2.42. The Labute approximate surface area is 273 Å². The predicted molar refractivity (Wildman–Crippen MR) is 188 cm³/mol. The van der Waals surface area contributed by atoms with Gasteiger partial charge >= 0.3 is 0 Å². The van der Waals surface area contributed by atoms with E-state index in [2.05, 4.69) is 24.5 Å². The van der Waals surface area contributed by atoms with Crippen LogP contribution in [0, 0.1) is 0 Å². The first-order valence-electron chi connectivity index (χ1n) is 19.4. The van der Waals surface area contributed by atoms with E-state index in [1.807, 2.05) is 0 Å². The van der Waals surface area contributed by atoms with Crippen LogP contribution >= 0.6 is 0 Å². The molecule has 0 spiro atoms. The minimum Gasteiger partial charge on any atom is -0.383 e. The van der Waals surface area contributed by atoms with Crippen molar-refractivity contribution in [2.75, 3.05) is 13.1 Å². The molecule has 2 amide bonds. The summed E-state index contributed by atoms with van der Waals surface area (Å²) in [6, 6.07) is 0. The van der Waals surface area contributed by atoms with E-state index >= 15 is 0 Å². The van der Waals surface area contributed by atoms with E-state index in [4.69, 9.17) is 0 Å². The van der Waals surface area contributed by atoms with Crippen molar-refractivity contribution in [2.24, 2.45) is 0 Å². The van der Waals surface area contributed by atoms with Gasteiger partial charge in [-0.05, 0) is 12.8 Å². The van der Waals surface area contributed by atoms with Crippen molar-refractivity contribution in [1.82, 2.24) is 10.6 Å². The van der Waals surface area contributed by atoms with Crippen LogP contribution in [0.5, 0.6) is 0 Å². The average molecular weight is 625 g/mol. The second-order valence-electron chi connectivity index (χ2n) is 13.4. The van der Waals surface area contributed by atoms with Gasteiger partial charge in [-0.1, -0.05) is 194 Å². The summed E-state index contributed by atoms with van der Waals surface area (Å²) in [5, 5.41) is 25.6. The third-order valence-electron chi connectivity index (χ3n) is 8.99. The van der Waals surface area contributed by atoms with Gasteiger partial charge in [0.25, 0.3) is 0 Å². The van der Waals surface area contributed by atoms with Crippen LogP contribution in [0.4, 0.5) is 0 Å². The molecule has 262 valence electrons. The summed E-state index contributed by atoms with van der Waals surface area (Å²) in [5.41, 5.74) is 0. The molecule has 0 saturated heterocycles. The number of hydrogen-bond acceptors (Lipinski definition) is 4. The molecule has 0 heterocycles. The second-order valence-corrected chi connectivity index (χ2v) is 13.4. The Morgan fingerprint density at radius 2 is 0.591 bits per heavy atom. The van der Waals surface area contributed by atoms with Gasteiger partial charge in [0.15, 0.2) is 0 Å². The number of nitrogens with one attached hydrogen (secondary N) is 2. The van der Waals surface area contributed by atoms with Crippen molar-refractivity contribution < 1.29 is 19.8 Å². The number of aliphatic hydroxyl groups is 2. The van der Waals surface area contributed by atoms with Gasteiger partial charge in [0, 0.05) is 13.1 Å². The molecule has 44 heavy (non-hydrogen) atoms. The van der Waals surface area contributed by atoms with Gasteiger partial charge < -0.3 is 20.8 Å². The Morgan fingerprint density at radius 3 is 0.818 bits per heavy atom. The van der Waals surface area contributed by atoms with Crippen LogP contribution in [0.25, 0.3) is 0 Å². The van der Waals surface area contributed by atoms with Gasteiger partial charge in [-0.3, -0.25) is 9.59 Å². The molecule has 4 N–H and O–H groups in total.